The number of aliphatic hydroxyl groups excluding tert-OH is 1. The molecule has 0 bridgehead atoms. The molecule has 7 nitrogen and oxygen atoms in total. The van der Waals surface area contributed by atoms with Crippen LogP contribution in [0.2, 0.25) is 0 Å². The average molecular weight is 563 g/mol. The number of aromatic hydroxyl groups is 1. The van der Waals surface area contributed by atoms with Crippen LogP contribution in [0.1, 0.15) is 42.1 Å². The Hall–Kier alpha value is -5.04. The molecule has 0 spiro atoms. The van der Waals surface area contributed by atoms with Gasteiger partial charge in [0.05, 0.1) is 11.6 Å². The highest BCUT2D eigenvalue weighted by Gasteiger charge is 2.47. The number of phenols is 1. The van der Waals surface area contributed by atoms with Crippen molar-refractivity contribution in [1.82, 2.24) is 0 Å². The van der Waals surface area contributed by atoms with Crippen LogP contribution < -0.4 is 14.5 Å². The number of carbonyl (C=O) groups excluding carboxylic acids is 2. The summed E-state index contributed by atoms with van der Waals surface area (Å²) in [7, 11) is 0. The number of carbonyl (C=O) groups is 2. The van der Waals surface area contributed by atoms with Crippen LogP contribution in [0.4, 0.5) is 11.4 Å². The summed E-state index contributed by atoms with van der Waals surface area (Å²) >= 11 is 0. The maximum atomic E-state index is 13.5. The standard InChI is InChI=1S/C35H34N2O5/c1-4-36(5-2)27-14-16-28(17-15-27)37-32(25-11-18-29(38)19-12-25)31(34(40)35(37)41)33(39)26-13-20-30(23(3)21-26)42-22-24-9-7-6-8-10-24/h6-21,32,38-39H,4-5,22H2,1-3H3/b33-31-. The molecule has 1 saturated heterocycles. The van der Waals surface area contributed by atoms with E-state index in [9.17, 15) is 19.8 Å². The van der Waals surface area contributed by atoms with Gasteiger partial charge in [0.1, 0.15) is 23.9 Å². The lowest BCUT2D eigenvalue weighted by atomic mass is 9.94. The van der Waals surface area contributed by atoms with E-state index in [1.807, 2.05) is 61.5 Å². The van der Waals surface area contributed by atoms with Gasteiger partial charge < -0.3 is 19.8 Å². The number of amides is 1. The maximum Gasteiger partial charge on any atom is 0.300 e. The molecule has 4 aromatic carbocycles. The largest absolute Gasteiger partial charge is 0.508 e. The van der Waals surface area contributed by atoms with Gasteiger partial charge in [0.25, 0.3) is 11.7 Å². The van der Waals surface area contributed by atoms with Crippen LogP contribution in [-0.2, 0) is 16.2 Å². The van der Waals surface area contributed by atoms with Gasteiger partial charge >= 0.3 is 0 Å². The molecule has 0 aliphatic carbocycles. The first-order chi connectivity index (χ1) is 20.3. The number of Topliss-reactive ketones (excluding diaryl/α,β-unsaturated/α-hetero) is 1. The van der Waals surface area contributed by atoms with Crippen LogP contribution in [0.3, 0.4) is 0 Å². The Morgan fingerprint density at radius 2 is 1.55 bits per heavy atom. The quantitative estimate of drug-likeness (QED) is 0.133. The molecule has 0 saturated carbocycles. The Morgan fingerprint density at radius 3 is 2.17 bits per heavy atom. The molecule has 214 valence electrons. The number of ether oxygens (including phenoxy) is 1. The molecule has 1 amide bonds. The number of hydrogen-bond donors (Lipinski definition) is 2. The number of hydrogen-bond acceptors (Lipinski definition) is 6. The van der Waals surface area contributed by atoms with Crippen molar-refractivity contribution in [3.8, 4) is 11.5 Å². The van der Waals surface area contributed by atoms with E-state index < -0.39 is 17.7 Å². The Bertz CT molecular complexity index is 1610. The zero-order chi connectivity index (χ0) is 29.8. The molecular weight excluding hydrogens is 528 g/mol. The third-order valence-corrected chi connectivity index (χ3v) is 7.60. The Labute approximate surface area is 245 Å². The Kier molecular flexibility index (Phi) is 8.29. The topological polar surface area (TPSA) is 90.3 Å². The first-order valence-electron chi connectivity index (χ1n) is 14.0. The van der Waals surface area contributed by atoms with Gasteiger partial charge in [0, 0.05) is 30.0 Å². The number of aliphatic hydroxyl groups is 1. The number of anilines is 2. The molecule has 1 heterocycles. The fraction of sp³-hybridized carbons (Fsp3) is 0.200. The summed E-state index contributed by atoms with van der Waals surface area (Å²) in [5, 5.41) is 21.5. The number of phenolic OH excluding ortho intramolecular Hbond substituents is 1. The molecule has 4 aromatic rings. The fourth-order valence-corrected chi connectivity index (χ4v) is 5.33. The van der Waals surface area contributed by atoms with Crippen molar-refractivity contribution in [2.24, 2.45) is 0 Å². The van der Waals surface area contributed by atoms with Crippen LogP contribution in [0.5, 0.6) is 11.5 Å². The van der Waals surface area contributed by atoms with Crippen molar-refractivity contribution in [3.05, 3.63) is 125 Å². The molecule has 1 aliphatic heterocycles. The highest BCUT2D eigenvalue weighted by molar-refractivity contribution is 6.51. The minimum atomic E-state index is -0.890. The van der Waals surface area contributed by atoms with Gasteiger partial charge in [0.15, 0.2) is 0 Å². The number of benzene rings is 4. The summed E-state index contributed by atoms with van der Waals surface area (Å²) in [6.45, 7) is 8.08. The molecule has 5 rings (SSSR count). The van der Waals surface area contributed by atoms with E-state index in [0.717, 1.165) is 29.9 Å². The van der Waals surface area contributed by atoms with Gasteiger partial charge in [-0.3, -0.25) is 14.5 Å². The zero-order valence-electron chi connectivity index (χ0n) is 23.9. The van der Waals surface area contributed by atoms with E-state index in [0.29, 0.717) is 29.2 Å². The molecule has 42 heavy (non-hydrogen) atoms. The molecule has 2 N–H and O–H groups in total. The fourth-order valence-electron chi connectivity index (χ4n) is 5.33. The van der Waals surface area contributed by atoms with Gasteiger partial charge in [-0.1, -0.05) is 42.5 Å². The van der Waals surface area contributed by atoms with Crippen LogP contribution in [0, 0.1) is 6.92 Å². The summed E-state index contributed by atoms with van der Waals surface area (Å²) < 4.78 is 5.99. The first-order valence-corrected chi connectivity index (χ1v) is 14.0. The van der Waals surface area contributed by atoms with Gasteiger partial charge in [-0.25, -0.2) is 0 Å². The summed E-state index contributed by atoms with van der Waals surface area (Å²) in [5.41, 5.74) is 4.31. The average Bonchev–Trinajstić information content (AvgIpc) is 3.27. The monoisotopic (exact) mass is 562 g/mol. The van der Waals surface area contributed by atoms with E-state index >= 15 is 0 Å². The lowest BCUT2D eigenvalue weighted by Crippen LogP contribution is -2.29. The second kappa shape index (κ2) is 12.2. The first kappa shape index (κ1) is 28.5. The van der Waals surface area contributed by atoms with Crippen molar-refractivity contribution in [2.75, 3.05) is 22.9 Å². The van der Waals surface area contributed by atoms with Crippen LogP contribution >= 0.6 is 0 Å². The van der Waals surface area contributed by atoms with Gasteiger partial charge in [0.2, 0.25) is 0 Å². The molecular formula is C35H34N2O5. The maximum absolute atomic E-state index is 13.5. The Balaban J connectivity index is 1.54. The second-order valence-electron chi connectivity index (χ2n) is 10.2. The highest BCUT2D eigenvalue weighted by atomic mass is 16.5. The number of rotatable bonds is 9. The summed E-state index contributed by atoms with van der Waals surface area (Å²) in [4.78, 5) is 30.7. The minimum absolute atomic E-state index is 0.0177. The van der Waals surface area contributed by atoms with E-state index in [4.69, 9.17) is 4.74 Å². The summed E-state index contributed by atoms with van der Waals surface area (Å²) in [6.07, 6.45) is 0. The second-order valence-corrected chi connectivity index (χ2v) is 10.2. The molecule has 1 unspecified atom stereocenters. The zero-order valence-corrected chi connectivity index (χ0v) is 23.9. The van der Waals surface area contributed by atoms with Crippen LogP contribution in [-0.4, -0.2) is 35.0 Å². The van der Waals surface area contributed by atoms with Gasteiger partial charge in [-0.2, -0.15) is 0 Å². The normalized spacial score (nSPS) is 16.1. The SMILES string of the molecule is CCN(CC)c1ccc(N2C(=O)C(=O)/C(=C(\O)c3ccc(OCc4ccccc4)c(C)c3)C2c2ccc(O)cc2)cc1. The van der Waals surface area contributed by atoms with Gasteiger partial charge in [-0.05, 0) is 92.1 Å². The molecule has 1 atom stereocenters. The number of ketones is 1. The Morgan fingerprint density at radius 1 is 0.881 bits per heavy atom. The third kappa shape index (κ3) is 5.59. The van der Waals surface area contributed by atoms with Crippen molar-refractivity contribution >= 4 is 28.8 Å². The van der Waals surface area contributed by atoms with Crippen molar-refractivity contribution in [1.29, 1.82) is 0 Å². The van der Waals surface area contributed by atoms with Crippen molar-refractivity contribution in [3.63, 3.8) is 0 Å². The summed E-state index contributed by atoms with van der Waals surface area (Å²) in [6, 6.07) is 27.9. The molecule has 1 aliphatic rings. The van der Waals surface area contributed by atoms with E-state index in [1.54, 1.807) is 30.3 Å². The van der Waals surface area contributed by atoms with Crippen LogP contribution in [0.25, 0.3) is 5.76 Å². The molecule has 1 fully saturated rings. The van der Waals surface area contributed by atoms with Gasteiger partial charge in [-0.15, -0.1) is 0 Å². The third-order valence-electron chi connectivity index (χ3n) is 7.60. The van der Waals surface area contributed by atoms with E-state index in [1.165, 1.54) is 17.0 Å². The lowest BCUT2D eigenvalue weighted by molar-refractivity contribution is -0.132. The number of aryl methyl sites for hydroxylation is 1. The summed E-state index contributed by atoms with van der Waals surface area (Å²) in [5.74, 6) is -1.07. The lowest BCUT2D eigenvalue weighted by Gasteiger charge is -2.27. The van der Waals surface area contributed by atoms with Crippen molar-refractivity contribution < 1.29 is 24.5 Å². The molecule has 0 radical (unpaired) electrons. The number of nitrogens with zero attached hydrogens (tertiary/aromatic N) is 2. The predicted molar refractivity (Wildman–Crippen MR) is 165 cm³/mol. The smallest absolute Gasteiger partial charge is 0.300 e. The van der Waals surface area contributed by atoms with E-state index in [-0.39, 0.29) is 17.1 Å². The minimum Gasteiger partial charge on any atom is -0.508 e. The molecule has 7 heteroatoms. The predicted octanol–water partition coefficient (Wildman–Crippen LogP) is 6.75. The van der Waals surface area contributed by atoms with Crippen molar-refractivity contribution in [2.45, 2.75) is 33.4 Å². The van der Waals surface area contributed by atoms with E-state index in [2.05, 4.69) is 18.7 Å². The molecule has 0 aromatic heterocycles. The van der Waals surface area contributed by atoms with Crippen LogP contribution in [0.15, 0.2) is 103 Å². The highest BCUT2D eigenvalue weighted by Crippen LogP contribution is 2.43.